The summed E-state index contributed by atoms with van der Waals surface area (Å²) in [5.74, 6) is 0. The highest BCUT2D eigenvalue weighted by Gasteiger charge is 2.38. The normalized spacial score (nSPS) is 23.6. The first-order chi connectivity index (χ1) is 11.4. The third kappa shape index (κ3) is 5.68. The van der Waals surface area contributed by atoms with Crippen molar-refractivity contribution in [3.05, 3.63) is 24.3 Å². The van der Waals surface area contributed by atoms with E-state index in [1.54, 1.807) is 5.57 Å². The number of fused-ring (bicyclic) bond motifs is 2. The maximum Gasteiger partial charge on any atom is 0.411 e. The number of ether oxygens (including phenoxy) is 1. The summed E-state index contributed by atoms with van der Waals surface area (Å²) in [6, 6.07) is 0.600. The van der Waals surface area contributed by atoms with E-state index in [-0.39, 0.29) is 12.1 Å². The van der Waals surface area contributed by atoms with Crippen LogP contribution in [0.25, 0.3) is 0 Å². The third-order valence-electron chi connectivity index (χ3n) is 4.97. The van der Waals surface area contributed by atoms with Gasteiger partial charge in [-0.3, -0.25) is 4.90 Å². The summed E-state index contributed by atoms with van der Waals surface area (Å²) in [7, 11) is 0. The molecule has 0 aliphatic carbocycles. The van der Waals surface area contributed by atoms with Gasteiger partial charge in [-0.05, 0) is 72.1 Å². The largest absolute Gasteiger partial charge is 0.444 e. The van der Waals surface area contributed by atoms with Crippen molar-refractivity contribution in [1.82, 2.24) is 4.90 Å². The van der Waals surface area contributed by atoms with Crippen LogP contribution < -0.4 is 0 Å². The van der Waals surface area contributed by atoms with Crippen LogP contribution in [0.15, 0.2) is 24.3 Å². The SMILES string of the molecule is C=CCCCCCCC1=CC2CCCC(C1)N2C(=O)OC(C)(C)C. The van der Waals surface area contributed by atoms with Gasteiger partial charge in [0.2, 0.25) is 0 Å². The molecule has 1 amide bonds. The van der Waals surface area contributed by atoms with Crippen LogP contribution in [-0.4, -0.2) is 28.7 Å². The average Bonchev–Trinajstić information content (AvgIpc) is 2.48. The number of hydrogen-bond donors (Lipinski definition) is 0. The fourth-order valence-corrected chi connectivity index (χ4v) is 3.90. The van der Waals surface area contributed by atoms with Crippen LogP contribution in [-0.2, 0) is 4.74 Å². The molecule has 2 rings (SSSR count). The van der Waals surface area contributed by atoms with E-state index in [0.29, 0.717) is 6.04 Å². The molecule has 2 unspecified atom stereocenters. The van der Waals surface area contributed by atoms with E-state index in [2.05, 4.69) is 12.7 Å². The smallest absolute Gasteiger partial charge is 0.411 e. The highest BCUT2D eigenvalue weighted by Crippen LogP contribution is 2.36. The molecule has 0 N–H and O–H groups in total. The number of hydrogen-bond acceptors (Lipinski definition) is 2. The number of amides is 1. The van der Waals surface area contributed by atoms with Gasteiger partial charge in [-0.2, -0.15) is 0 Å². The van der Waals surface area contributed by atoms with E-state index in [4.69, 9.17) is 4.74 Å². The van der Waals surface area contributed by atoms with E-state index in [1.807, 2.05) is 31.7 Å². The summed E-state index contributed by atoms with van der Waals surface area (Å²) in [4.78, 5) is 14.6. The highest BCUT2D eigenvalue weighted by molar-refractivity contribution is 5.70. The van der Waals surface area contributed by atoms with Gasteiger partial charge in [-0.25, -0.2) is 4.79 Å². The first kappa shape index (κ1) is 19.1. The Balaban J connectivity index is 1.87. The quantitative estimate of drug-likeness (QED) is 0.422. The number of nitrogens with zero attached hydrogens (tertiary/aromatic N) is 1. The fraction of sp³-hybridized carbons (Fsp3) is 0.762. The zero-order chi connectivity index (χ0) is 17.6. The van der Waals surface area contributed by atoms with Crippen molar-refractivity contribution >= 4 is 6.09 Å². The molecule has 3 nitrogen and oxygen atoms in total. The number of carbonyl (C=O) groups excluding carboxylic acids is 1. The molecule has 2 heterocycles. The molecule has 2 aliphatic rings. The molecular weight excluding hydrogens is 298 g/mol. The topological polar surface area (TPSA) is 29.5 Å². The Morgan fingerprint density at radius 2 is 2.04 bits per heavy atom. The maximum absolute atomic E-state index is 12.6. The first-order valence-corrected chi connectivity index (χ1v) is 9.72. The molecule has 1 saturated heterocycles. The van der Waals surface area contributed by atoms with E-state index in [1.165, 1.54) is 38.5 Å². The second-order valence-corrected chi connectivity index (χ2v) is 8.31. The van der Waals surface area contributed by atoms with Crippen LogP contribution in [0.1, 0.15) is 85.0 Å². The molecular formula is C21H35NO2. The van der Waals surface area contributed by atoms with Crippen LogP contribution in [0.4, 0.5) is 4.79 Å². The summed E-state index contributed by atoms with van der Waals surface area (Å²) in [5, 5.41) is 0. The number of carbonyl (C=O) groups is 1. The van der Waals surface area contributed by atoms with E-state index >= 15 is 0 Å². The first-order valence-electron chi connectivity index (χ1n) is 9.72. The molecule has 0 aromatic rings. The van der Waals surface area contributed by atoms with Gasteiger partial charge in [0.25, 0.3) is 0 Å². The van der Waals surface area contributed by atoms with Gasteiger partial charge in [-0.1, -0.05) is 30.6 Å². The molecule has 0 radical (unpaired) electrons. The Bertz CT molecular complexity index is 461. The van der Waals surface area contributed by atoms with Crippen LogP contribution >= 0.6 is 0 Å². The monoisotopic (exact) mass is 333 g/mol. The van der Waals surface area contributed by atoms with E-state index in [0.717, 1.165) is 25.7 Å². The van der Waals surface area contributed by atoms with Crippen molar-refractivity contribution in [2.45, 2.75) is 103 Å². The molecule has 136 valence electrons. The lowest BCUT2D eigenvalue weighted by Crippen LogP contribution is -2.53. The van der Waals surface area contributed by atoms with Crippen molar-refractivity contribution in [2.75, 3.05) is 0 Å². The Hall–Kier alpha value is -1.25. The zero-order valence-electron chi connectivity index (χ0n) is 15.9. The molecule has 0 aromatic heterocycles. The Morgan fingerprint density at radius 1 is 1.29 bits per heavy atom. The molecule has 2 atom stereocenters. The van der Waals surface area contributed by atoms with E-state index in [9.17, 15) is 4.79 Å². The van der Waals surface area contributed by atoms with Crippen LogP contribution in [0, 0.1) is 0 Å². The lowest BCUT2D eigenvalue weighted by atomic mass is 9.84. The number of allylic oxidation sites excluding steroid dienone is 1. The summed E-state index contributed by atoms with van der Waals surface area (Å²) < 4.78 is 5.63. The van der Waals surface area contributed by atoms with Gasteiger partial charge < -0.3 is 4.74 Å². The predicted molar refractivity (Wildman–Crippen MR) is 100 cm³/mol. The van der Waals surface area contributed by atoms with Crippen LogP contribution in [0.3, 0.4) is 0 Å². The van der Waals surface area contributed by atoms with Gasteiger partial charge in [0.05, 0.1) is 6.04 Å². The third-order valence-corrected chi connectivity index (χ3v) is 4.97. The second kappa shape index (κ2) is 8.73. The Labute approximate surface area is 148 Å². The molecule has 24 heavy (non-hydrogen) atoms. The highest BCUT2D eigenvalue weighted by atomic mass is 16.6. The second-order valence-electron chi connectivity index (χ2n) is 8.31. The van der Waals surface area contributed by atoms with Crippen molar-refractivity contribution in [3.63, 3.8) is 0 Å². The van der Waals surface area contributed by atoms with E-state index < -0.39 is 5.60 Å². The molecule has 0 saturated carbocycles. The number of rotatable bonds is 7. The van der Waals surface area contributed by atoms with Crippen molar-refractivity contribution in [1.29, 1.82) is 0 Å². The molecule has 0 aromatic carbocycles. The minimum atomic E-state index is -0.416. The zero-order valence-corrected chi connectivity index (χ0v) is 15.9. The average molecular weight is 334 g/mol. The lowest BCUT2D eigenvalue weighted by molar-refractivity contribution is -0.00159. The Morgan fingerprint density at radius 3 is 2.71 bits per heavy atom. The molecule has 2 aliphatic heterocycles. The lowest BCUT2D eigenvalue weighted by Gasteiger charge is -2.45. The summed E-state index contributed by atoms with van der Waals surface area (Å²) in [5.41, 5.74) is 1.15. The van der Waals surface area contributed by atoms with Crippen molar-refractivity contribution < 1.29 is 9.53 Å². The summed E-state index contributed by atoms with van der Waals surface area (Å²) in [6.07, 6.45) is 16.2. The van der Waals surface area contributed by atoms with Gasteiger partial charge in [0.15, 0.2) is 0 Å². The molecule has 1 fully saturated rings. The summed E-state index contributed by atoms with van der Waals surface area (Å²) >= 11 is 0. The molecule has 0 spiro atoms. The van der Waals surface area contributed by atoms with Gasteiger partial charge in [0, 0.05) is 6.04 Å². The summed E-state index contributed by atoms with van der Waals surface area (Å²) in [6.45, 7) is 9.60. The van der Waals surface area contributed by atoms with Crippen molar-refractivity contribution in [3.8, 4) is 0 Å². The van der Waals surface area contributed by atoms with Crippen LogP contribution in [0.2, 0.25) is 0 Å². The standard InChI is InChI=1S/C21H35NO2/c1-5-6-7-8-9-10-12-17-15-18-13-11-14-19(16-17)22(18)20(23)24-21(2,3)4/h5,15,18-19H,1,6-14,16H2,2-4H3. The minimum Gasteiger partial charge on any atom is -0.444 e. The number of piperidine rings is 1. The molecule has 2 bridgehead atoms. The van der Waals surface area contributed by atoms with Gasteiger partial charge in [0.1, 0.15) is 5.60 Å². The predicted octanol–water partition coefficient (Wildman–Crippen LogP) is 6.00. The van der Waals surface area contributed by atoms with Gasteiger partial charge >= 0.3 is 6.09 Å². The Kier molecular flexibility index (Phi) is 6.94. The van der Waals surface area contributed by atoms with Gasteiger partial charge in [-0.15, -0.1) is 6.58 Å². The van der Waals surface area contributed by atoms with Crippen molar-refractivity contribution in [2.24, 2.45) is 0 Å². The maximum atomic E-state index is 12.6. The van der Waals surface area contributed by atoms with Crippen LogP contribution in [0.5, 0.6) is 0 Å². The molecule has 3 heteroatoms. The fourth-order valence-electron chi connectivity index (χ4n) is 3.90. The minimum absolute atomic E-state index is 0.128. The number of unbranched alkanes of at least 4 members (excludes halogenated alkanes) is 4.